The molecule has 1 aromatic carbocycles. The normalized spacial score (nSPS) is 18.6. The molecule has 0 bridgehead atoms. The Morgan fingerprint density at radius 3 is 2.67 bits per heavy atom. The lowest BCUT2D eigenvalue weighted by Crippen LogP contribution is -2.49. The molecular formula is C26H32FN5O6S. The Labute approximate surface area is 229 Å². The van der Waals surface area contributed by atoms with Gasteiger partial charge in [0.05, 0.1) is 39.0 Å². The zero-order valence-electron chi connectivity index (χ0n) is 21.5. The largest absolute Gasteiger partial charge is 0.494 e. The number of hydrogen-bond donors (Lipinski definition) is 4. The molecule has 3 heterocycles. The Morgan fingerprint density at radius 2 is 2.00 bits per heavy atom. The number of carbonyl (C=O) groups excluding carboxylic acids is 3. The van der Waals surface area contributed by atoms with Crippen molar-refractivity contribution in [2.75, 3.05) is 32.9 Å². The van der Waals surface area contributed by atoms with Gasteiger partial charge in [0, 0.05) is 28.7 Å². The second kappa shape index (κ2) is 12.5. The second-order valence-electron chi connectivity index (χ2n) is 9.41. The molecule has 1 unspecified atom stereocenters. The topological polar surface area (TPSA) is 156 Å². The summed E-state index contributed by atoms with van der Waals surface area (Å²) >= 11 is 1.38. The molecule has 13 heteroatoms. The number of nitrogen functional groups attached to an aromatic ring is 1. The quantitative estimate of drug-likeness (QED) is 0.185. The zero-order chi connectivity index (χ0) is 28.0. The highest BCUT2D eigenvalue weighted by Gasteiger charge is 2.52. The van der Waals surface area contributed by atoms with Crippen molar-refractivity contribution in [2.24, 2.45) is 5.73 Å². The lowest BCUT2D eigenvalue weighted by atomic mass is 10.1. The smallest absolute Gasteiger partial charge is 0.243 e. The van der Waals surface area contributed by atoms with E-state index in [4.69, 9.17) is 25.4 Å². The van der Waals surface area contributed by atoms with Crippen LogP contribution in [-0.2, 0) is 23.9 Å². The maximum absolute atomic E-state index is 13.3. The molecule has 11 nitrogen and oxygen atoms in total. The van der Waals surface area contributed by atoms with E-state index in [0.717, 1.165) is 4.88 Å². The fraction of sp³-hybridized carbons (Fsp3) is 0.462. The van der Waals surface area contributed by atoms with Gasteiger partial charge in [-0.25, -0.2) is 4.39 Å². The Morgan fingerprint density at radius 1 is 1.28 bits per heavy atom. The van der Waals surface area contributed by atoms with Crippen molar-refractivity contribution in [2.45, 2.75) is 44.1 Å². The average molecular weight is 562 g/mol. The van der Waals surface area contributed by atoms with Crippen molar-refractivity contribution in [1.29, 1.82) is 5.41 Å². The molecule has 1 spiro atoms. The molecule has 2 aliphatic rings. The molecule has 210 valence electrons. The van der Waals surface area contributed by atoms with Crippen LogP contribution >= 0.6 is 11.3 Å². The Bertz CT molecular complexity index is 1200. The van der Waals surface area contributed by atoms with Crippen LogP contribution in [0.2, 0.25) is 0 Å². The summed E-state index contributed by atoms with van der Waals surface area (Å²) in [7, 11) is 0. The Hall–Kier alpha value is -3.55. The first-order valence-corrected chi connectivity index (χ1v) is 13.5. The molecule has 2 fully saturated rings. The van der Waals surface area contributed by atoms with Crippen LogP contribution < -0.4 is 21.1 Å². The number of amides is 3. The van der Waals surface area contributed by atoms with Crippen LogP contribution in [0.25, 0.3) is 0 Å². The predicted molar refractivity (Wildman–Crippen MR) is 141 cm³/mol. The first-order valence-electron chi connectivity index (χ1n) is 12.6. The molecule has 2 saturated heterocycles. The summed E-state index contributed by atoms with van der Waals surface area (Å²) in [5, 5.41) is 14.9. The van der Waals surface area contributed by atoms with Crippen LogP contribution in [0, 0.1) is 11.2 Å². The highest BCUT2D eigenvalue weighted by atomic mass is 32.1. The molecule has 2 atom stereocenters. The van der Waals surface area contributed by atoms with E-state index in [1.165, 1.54) is 40.5 Å². The summed E-state index contributed by atoms with van der Waals surface area (Å²) in [5.74, 6) is -2.08. The SMILES string of the molecule is C[C@@H](NC(=O)C1CC2(CN1C(=O)CNC(=O)CCCOc1ccc(F)cc1)OCCO2)c1cc(C(=N)N)cs1. The van der Waals surface area contributed by atoms with Crippen LogP contribution in [0.5, 0.6) is 5.75 Å². The number of thiophene rings is 1. The number of halogens is 1. The van der Waals surface area contributed by atoms with Gasteiger partial charge in [-0.2, -0.15) is 0 Å². The lowest BCUT2D eigenvalue weighted by molar-refractivity contribution is -0.152. The van der Waals surface area contributed by atoms with Crippen molar-refractivity contribution in [3.05, 3.63) is 52.0 Å². The third-order valence-corrected chi connectivity index (χ3v) is 7.63. The number of hydrogen-bond acceptors (Lipinski definition) is 8. The Kier molecular flexibility index (Phi) is 9.15. The fourth-order valence-electron chi connectivity index (χ4n) is 4.46. The third-order valence-electron chi connectivity index (χ3n) is 6.51. The van der Waals surface area contributed by atoms with Crippen molar-refractivity contribution >= 4 is 34.9 Å². The number of nitrogens with zero attached hydrogens (tertiary/aromatic N) is 1. The molecule has 0 aliphatic carbocycles. The van der Waals surface area contributed by atoms with Gasteiger partial charge in [-0.1, -0.05) is 0 Å². The van der Waals surface area contributed by atoms with E-state index in [0.29, 0.717) is 30.9 Å². The van der Waals surface area contributed by atoms with Crippen molar-refractivity contribution in [3.8, 4) is 5.75 Å². The van der Waals surface area contributed by atoms with Crippen LogP contribution in [0.1, 0.15) is 42.7 Å². The van der Waals surface area contributed by atoms with Gasteiger partial charge in [-0.05, 0) is 43.7 Å². The van der Waals surface area contributed by atoms with Gasteiger partial charge in [0.25, 0.3) is 0 Å². The van der Waals surface area contributed by atoms with Crippen molar-refractivity contribution in [1.82, 2.24) is 15.5 Å². The minimum atomic E-state index is -1.05. The van der Waals surface area contributed by atoms with E-state index >= 15 is 0 Å². The summed E-state index contributed by atoms with van der Waals surface area (Å²) in [6.07, 6.45) is 0.715. The number of nitrogens with one attached hydrogen (secondary N) is 3. The molecule has 2 aliphatic heterocycles. The van der Waals surface area contributed by atoms with Gasteiger partial charge in [-0.15, -0.1) is 11.3 Å². The molecular weight excluding hydrogens is 529 g/mol. The number of rotatable bonds is 11. The molecule has 39 heavy (non-hydrogen) atoms. The fourth-order valence-corrected chi connectivity index (χ4v) is 5.38. The highest BCUT2D eigenvalue weighted by molar-refractivity contribution is 7.10. The zero-order valence-corrected chi connectivity index (χ0v) is 22.4. The summed E-state index contributed by atoms with van der Waals surface area (Å²) in [6.45, 7) is 2.61. The summed E-state index contributed by atoms with van der Waals surface area (Å²) < 4.78 is 30.0. The van der Waals surface area contributed by atoms with Crippen LogP contribution in [-0.4, -0.2) is 73.2 Å². The molecule has 3 amide bonds. The summed E-state index contributed by atoms with van der Waals surface area (Å²) in [4.78, 5) is 40.9. The monoisotopic (exact) mass is 561 g/mol. The number of likely N-dealkylation sites (tertiary alicyclic amines) is 1. The summed E-state index contributed by atoms with van der Waals surface area (Å²) in [6, 6.07) is 6.13. The van der Waals surface area contributed by atoms with E-state index in [9.17, 15) is 18.8 Å². The molecule has 4 rings (SSSR count). The van der Waals surface area contributed by atoms with Gasteiger partial charge in [-0.3, -0.25) is 19.8 Å². The number of carbonyl (C=O) groups is 3. The molecule has 0 saturated carbocycles. The molecule has 0 radical (unpaired) electrons. The van der Waals surface area contributed by atoms with Crippen molar-refractivity contribution in [3.63, 3.8) is 0 Å². The van der Waals surface area contributed by atoms with Gasteiger partial charge in [0.1, 0.15) is 23.4 Å². The Balaban J connectivity index is 1.29. The maximum Gasteiger partial charge on any atom is 0.243 e. The lowest BCUT2D eigenvalue weighted by Gasteiger charge is -2.25. The standard InChI is InChI=1S/C26H32FN5O6S/c1-16(21-11-17(14-39-21)24(28)29)31-25(35)20-12-26(37-9-10-38-26)15-32(20)23(34)13-30-22(33)3-2-8-36-19-6-4-18(27)5-7-19/h4-7,11,14,16,20H,2-3,8-10,12-13,15H2,1H3,(H3,28,29)(H,30,33)(H,31,35)/t16-,20?/m1/s1. The van der Waals surface area contributed by atoms with Gasteiger partial charge < -0.3 is 35.5 Å². The predicted octanol–water partition coefficient (Wildman–Crippen LogP) is 1.67. The van der Waals surface area contributed by atoms with Crippen LogP contribution in [0.4, 0.5) is 4.39 Å². The number of ether oxygens (including phenoxy) is 3. The minimum Gasteiger partial charge on any atom is -0.494 e. The molecule has 1 aromatic heterocycles. The molecule has 5 N–H and O–H groups in total. The maximum atomic E-state index is 13.3. The van der Waals surface area contributed by atoms with Crippen molar-refractivity contribution < 1.29 is 33.0 Å². The minimum absolute atomic E-state index is 0.0523. The highest BCUT2D eigenvalue weighted by Crippen LogP contribution is 2.35. The number of benzene rings is 1. The van der Waals surface area contributed by atoms with Gasteiger partial charge in [0.15, 0.2) is 5.79 Å². The molecule has 2 aromatic rings. The van der Waals surface area contributed by atoms with E-state index in [2.05, 4.69) is 10.6 Å². The number of nitrogens with two attached hydrogens (primary N) is 1. The summed E-state index contributed by atoms with van der Waals surface area (Å²) in [5.41, 5.74) is 6.12. The number of amidine groups is 1. The average Bonchev–Trinajstić information content (AvgIpc) is 3.67. The van der Waals surface area contributed by atoms with Crippen LogP contribution in [0.15, 0.2) is 35.7 Å². The van der Waals surface area contributed by atoms with E-state index in [1.54, 1.807) is 11.4 Å². The van der Waals surface area contributed by atoms with E-state index < -0.39 is 17.7 Å². The first-order chi connectivity index (χ1) is 18.7. The van der Waals surface area contributed by atoms with Crippen LogP contribution in [0.3, 0.4) is 0 Å². The van der Waals surface area contributed by atoms with E-state index in [-0.39, 0.29) is 62.0 Å². The second-order valence-corrected chi connectivity index (χ2v) is 10.4. The van der Waals surface area contributed by atoms with Gasteiger partial charge >= 0.3 is 0 Å². The third kappa shape index (κ3) is 7.31. The first kappa shape index (κ1) is 28.5. The van der Waals surface area contributed by atoms with E-state index in [1.807, 2.05) is 6.92 Å². The van der Waals surface area contributed by atoms with Gasteiger partial charge in [0.2, 0.25) is 17.7 Å².